The van der Waals surface area contributed by atoms with Crippen molar-refractivity contribution in [3.8, 4) is 0 Å². The van der Waals surface area contributed by atoms with Crippen molar-refractivity contribution < 1.29 is 4.79 Å². The normalized spacial score (nSPS) is 14.5. The van der Waals surface area contributed by atoms with Crippen molar-refractivity contribution >= 4 is 34.1 Å². The number of carbonyl (C=O) groups is 1. The summed E-state index contributed by atoms with van der Waals surface area (Å²) >= 11 is 0. The average molecular weight is 438 g/mol. The van der Waals surface area contributed by atoms with Gasteiger partial charge in [0.05, 0.1) is 12.2 Å². The van der Waals surface area contributed by atoms with Crippen LogP contribution < -0.4 is 26.8 Å². The maximum absolute atomic E-state index is 12.9. The van der Waals surface area contributed by atoms with Crippen LogP contribution in [0, 0.1) is 0 Å². The first kappa shape index (κ1) is 21.6. The number of pyridine rings is 1. The quantitative estimate of drug-likeness (QED) is 0.597. The van der Waals surface area contributed by atoms with Gasteiger partial charge in [0.25, 0.3) is 5.56 Å². The number of aryl methyl sites for hydroxylation is 1. The summed E-state index contributed by atoms with van der Waals surface area (Å²) in [7, 11) is 5.10. The summed E-state index contributed by atoms with van der Waals surface area (Å²) in [5.74, 6) is 0.420. The third-order valence-corrected chi connectivity index (χ3v) is 5.72. The molecule has 3 aromatic rings. The van der Waals surface area contributed by atoms with E-state index in [0.29, 0.717) is 22.8 Å². The average Bonchev–Trinajstić information content (AvgIpc) is 2.80. The molecule has 0 aliphatic carbocycles. The first-order valence-corrected chi connectivity index (χ1v) is 10.5. The van der Waals surface area contributed by atoms with E-state index in [2.05, 4.69) is 32.5 Å². The van der Waals surface area contributed by atoms with E-state index in [-0.39, 0.29) is 17.8 Å². The van der Waals surface area contributed by atoms with Gasteiger partial charge in [0, 0.05) is 52.0 Å². The van der Waals surface area contributed by atoms with Crippen molar-refractivity contribution in [3.05, 3.63) is 57.2 Å². The Bertz CT molecular complexity index is 1260. The smallest absolute Gasteiger partial charge is 0.332 e. The van der Waals surface area contributed by atoms with Crippen LogP contribution in [-0.2, 0) is 18.9 Å². The monoisotopic (exact) mass is 437 g/mol. The summed E-state index contributed by atoms with van der Waals surface area (Å²) in [5.41, 5.74) is 0.559. The Labute approximate surface area is 185 Å². The van der Waals surface area contributed by atoms with Crippen molar-refractivity contribution in [2.45, 2.75) is 0 Å². The number of likely N-dealkylation sites (N-methyl/N-ethyl adjacent to an activating group) is 1. The van der Waals surface area contributed by atoms with Gasteiger partial charge < -0.3 is 20.4 Å². The van der Waals surface area contributed by atoms with Crippen LogP contribution in [0.15, 0.2) is 46.0 Å². The minimum atomic E-state index is -0.452. The molecule has 2 aromatic heterocycles. The van der Waals surface area contributed by atoms with Gasteiger partial charge in [-0.05, 0) is 19.2 Å². The number of hydrogen-bond acceptors (Lipinski definition) is 7. The summed E-state index contributed by atoms with van der Waals surface area (Å²) in [5, 5.41) is 6.19. The molecule has 168 valence electrons. The predicted octanol–water partition coefficient (Wildman–Crippen LogP) is 0.435. The molecule has 4 rings (SSSR count). The van der Waals surface area contributed by atoms with E-state index in [0.717, 1.165) is 30.7 Å². The first-order chi connectivity index (χ1) is 15.3. The first-order valence-electron chi connectivity index (χ1n) is 10.5. The van der Waals surface area contributed by atoms with Crippen LogP contribution in [0.1, 0.15) is 0 Å². The molecular weight excluding hydrogens is 410 g/mol. The van der Waals surface area contributed by atoms with Gasteiger partial charge in [-0.15, -0.1) is 0 Å². The number of rotatable bonds is 5. The second kappa shape index (κ2) is 8.83. The molecule has 2 N–H and O–H groups in total. The van der Waals surface area contributed by atoms with Gasteiger partial charge in [0.2, 0.25) is 5.91 Å². The van der Waals surface area contributed by atoms with E-state index in [1.165, 1.54) is 11.6 Å². The van der Waals surface area contributed by atoms with Crippen LogP contribution in [-0.4, -0.2) is 64.7 Å². The van der Waals surface area contributed by atoms with Gasteiger partial charge in [0.15, 0.2) is 5.65 Å². The van der Waals surface area contributed by atoms with Crippen molar-refractivity contribution in [1.82, 2.24) is 19.0 Å². The molecule has 0 radical (unpaired) electrons. The SMILES string of the molecule is CN1CCN(c2cc(NCC(=O)Nc3ccccc3)c3c(=O)n(C)c(=O)n(C)c3n2)CC1. The lowest BCUT2D eigenvalue weighted by molar-refractivity contribution is -0.114. The summed E-state index contributed by atoms with van der Waals surface area (Å²) in [6.45, 7) is 3.29. The van der Waals surface area contributed by atoms with E-state index in [1.54, 1.807) is 25.2 Å². The highest BCUT2D eigenvalue weighted by atomic mass is 16.2. The lowest BCUT2D eigenvalue weighted by Crippen LogP contribution is -2.45. The number of carbonyl (C=O) groups excluding carboxylic acids is 1. The molecule has 10 heteroatoms. The zero-order valence-corrected chi connectivity index (χ0v) is 18.5. The Balaban J connectivity index is 1.71. The molecule has 0 unspecified atom stereocenters. The third kappa shape index (κ3) is 4.22. The van der Waals surface area contributed by atoms with E-state index in [4.69, 9.17) is 0 Å². The summed E-state index contributed by atoms with van der Waals surface area (Å²) in [6.07, 6.45) is 0. The molecular formula is C22H27N7O3. The van der Waals surface area contributed by atoms with Crippen LogP contribution in [0.4, 0.5) is 17.2 Å². The fourth-order valence-corrected chi connectivity index (χ4v) is 3.78. The molecule has 10 nitrogen and oxygen atoms in total. The minimum Gasteiger partial charge on any atom is -0.375 e. The van der Waals surface area contributed by atoms with Crippen LogP contribution in [0.3, 0.4) is 0 Å². The van der Waals surface area contributed by atoms with Gasteiger partial charge in [-0.1, -0.05) is 18.2 Å². The van der Waals surface area contributed by atoms with Crippen molar-refractivity contribution in [2.75, 3.05) is 55.3 Å². The Morgan fingerprint density at radius 3 is 2.38 bits per heavy atom. The second-order valence-electron chi connectivity index (χ2n) is 7.99. The number of fused-ring (bicyclic) bond motifs is 1. The predicted molar refractivity (Wildman–Crippen MR) is 125 cm³/mol. The van der Waals surface area contributed by atoms with E-state index in [9.17, 15) is 14.4 Å². The topological polar surface area (TPSA) is 105 Å². The molecule has 1 aliphatic heterocycles. The number of hydrogen-bond donors (Lipinski definition) is 2. The maximum atomic E-state index is 12.9. The molecule has 32 heavy (non-hydrogen) atoms. The Kier molecular flexibility index (Phi) is 5.95. The molecule has 0 bridgehead atoms. The Hall–Kier alpha value is -3.66. The van der Waals surface area contributed by atoms with Gasteiger partial charge >= 0.3 is 5.69 Å². The van der Waals surface area contributed by atoms with Crippen molar-refractivity contribution in [3.63, 3.8) is 0 Å². The van der Waals surface area contributed by atoms with Crippen LogP contribution in [0.5, 0.6) is 0 Å². The fraction of sp³-hybridized carbons (Fsp3) is 0.364. The highest BCUT2D eigenvalue weighted by molar-refractivity contribution is 5.96. The molecule has 0 atom stereocenters. The molecule has 1 aromatic carbocycles. The number of para-hydroxylation sites is 1. The largest absolute Gasteiger partial charge is 0.375 e. The number of amides is 1. The van der Waals surface area contributed by atoms with E-state index < -0.39 is 11.2 Å². The van der Waals surface area contributed by atoms with Crippen LogP contribution in [0.25, 0.3) is 11.0 Å². The highest BCUT2D eigenvalue weighted by Gasteiger charge is 2.21. The molecule has 1 amide bonds. The molecule has 0 spiro atoms. The van der Waals surface area contributed by atoms with Gasteiger partial charge in [0.1, 0.15) is 11.2 Å². The molecule has 1 aliphatic rings. The maximum Gasteiger partial charge on any atom is 0.332 e. The number of aromatic nitrogens is 3. The Morgan fingerprint density at radius 1 is 1.00 bits per heavy atom. The zero-order chi connectivity index (χ0) is 22.8. The standard InChI is InChI=1S/C22H27N7O3/c1-26-9-11-29(12-10-26)17-13-16(23-14-18(30)24-15-7-5-4-6-8-15)19-20(25-17)27(2)22(32)28(3)21(19)31/h4-8,13H,9-12,14H2,1-3H3,(H,23,25)(H,24,30). The van der Waals surface area contributed by atoms with Gasteiger partial charge in [-0.25, -0.2) is 9.78 Å². The summed E-state index contributed by atoms with van der Waals surface area (Å²) < 4.78 is 2.42. The number of nitrogens with zero attached hydrogens (tertiary/aromatic N) is 5. The van der Waals surface area contributed by atoms with E-state index >= 15 is 0 Å². The summed E-state index contributed by atoms with van der Waals surface area (Å²) in [6, 6.07) is 10.9. The Morgan fingerprint density at radius 2 is 1.69 bits per heavy atom. The van der Waals surface area contributed by atoms with Crippen LogP contribution in [0.2, 0.25) is 0 Å². The van der Waals surface area contributed by atoms with Crippen LogP contribution >= 0.6 is 0 Å². The van der Waals surface area contributed by atoms with Gasteiger partial charge in [-0.3, -0.25) is 18.7 Å². The fourth-order valence-electron chi connectivity index (χ4n) is 3.78. The zero-order valence-electron chi connectivity index (χ0n) is 18.5. The number of piperazine rings is 1. The van der Waals surface area contributed by atoms with Crippen molar-refractivity contribution in [2.24, 2.45) is 14.1 Å². The lowest BCUT2D eigenvalue weighted by Gasteiger charge is -2.33. The number of nitrogens with one attached hydrogen (secondary N) is 2. The molecule has 0 saturated carbocycles. The minimum absolute atomic E-state index is 0.0395. The van der Waals surface area contributed by atoms with E-state index in [1.807, 2.05) is 18.2 Å². The molecule has 1 fully saturated rings. The highest BCUT2D eigenvalue weighted by Crippen LogP contribution is 2.25. The van der Waals surface area contributed by atoms with Gasteiger partial charge in [-0.2, -0.15) is 0 Å². The lowest BCUT2D eigenvalue weighted by atomic mass is 10.2. The molecule has 3 heterocycles. The number of benzene rings is 1. The second-order valence-corrected chi connectivity index (χ2v) is 7.99. The number of anilines is 3. The third-order valence-electron chi connectivity index (χ3n) is 5.72. The van der Waals surface area contributed by atoms with Crippen molar-refractivity contribution in [1.29, 1.82) is 0 Å². The summed E-state index contributed by atoms with van der Waals surface area (Å²) in [4.78, 5) is 46.9. The molecule has 1 saturated heterocycles.